The number of hydrogen-bond donors (Lipinski definition) is 1. The van der Waals surface area contributed by atoms with Crippen LogP contribution >= 0.6 is 45.3 Å². The summed E-state index contributed by atoms with van der Waals surface area (Å²) in [5, 5.41) is 29.6. The molecule has 22 heteroatoms. The zero-order chi connectivity index (χ0) is 62.1. The Morgan fingerprint density at radius 1 is 0.472 bits per heavy atom. The third-order valence-electron chi connectivity index (χ3n) is 13.8. The molecule has 0 spiro atoms. The lowest BCUT2D eigenvalue weighted by Gasteiger charge is -2.37. The molecule has 0 aliphatic carbocycles. The summed E-state index contributed by atoms with van der Waals surface area (Å²) in [5.41, 5.74) is 3.10. The summed E-state index contributed by atoms with van der Waals surface area (Å²) in [6.07, 6.45) is 1.23. The molecular weight excluding hydrogens is 1210 g/mol. The molecule has 0 amide bonds. The van der Waals surface area contributed by atoms with Crippen LogP contribution in [0.15, 0.2) is 168 Å². The predicted octanol–water partition coefficient (Wildman–Crippen LogP) is 14.0. The van der Waals surface area contributed by atoms with E-state index >= 15 is 19.2 Å². The molecule has 18 nitrogen and oxygen atoms in total. The van der Waals surface area contributed by atoms with Crippen molar-refractivity contribution in [2.45, 2.75) is 64.3 Å². The number of esters is 4. The van der Waals surface area contributed by atoms with Crippen molar-refractivity contribution in [2.24, 2.45) is 15.7 Å². The van der Waals surface area contributed by atoms with E-state index in [4.69, 9.17) is 43.6 Å². The van der Waals surface area contributed by atoms with E-state index in [1.807, 2.05) is 44.2 Å². The molecule has 0 atom stereocenters. The molecule has 0 fully saturated rings. The SMILES string of the molecule is CCCOc1cc(N=C(N)C#N)sc1-c1cc2c(s1)-c1cc3c(cc1OC2(C(=O)OCc1ccccc1)C(=O)OCc1ccccc1)-c1sc(-c2sc(N=C(C#N)C#N)cc2OCCC)cc1C(C(=O)OCc1ccccc1)(C(=O)OCc1ccccc1)O3. The number of aliphatic imine (C=N–C) groups is 2. The van der Waals surface area contributed by atoms with Gasteiger partial charge in [0.2, 0.25) is 11.5 Å². The Balaban J connectivity index is 1.16. The number of hydrogen-bond acceptors (Lipinski definition) is 21. The summed E-state index contributed by atoms with van der Waals surface area (Å²) in [6, 6.07) is 50.6. The molecule has 4 aromatic heterocycles. The molecule has 9 aromatic rings. The van der Waals surface area contributed by atoms with Gasteiger partial charge < -0.3 is 43.6 Å². The third-order valence-corrected chi connectivity index (χ3v) is 18.6. The fourth-order valence-electron chi connectivity index (χ4n) is 9.67. The van der Waals surface area contributed by atoms with Gasteiger partial charge in [0.05, 0.1) is 23.0 Å². The molecule has 2 aliphatic heterocycles. The van der Waals surface area contributed by atoms with Crippen LogP contribution in [0.25, 0.3) is 40.4 Å². The first-order valence-corrected chi connectivity index (χ1v) is 31.0. The lowest BCUT2D eigenvalue weighted by atomic mass is 9.85. The summed E-state index contributed by atoms with van der Waals surface area (Å²) in [7, 11) is 0. The van der Waals surface area contributed by atoms with Crippen LogP contribution in [0.3, 0.4) is 0 Å². The highest BCUT2D eigenvalue weighted by Crippen LogP contribution is 2.61. The Labute approximate surface area is 526 Å². The molecule has 0 saturated carbocycles. The molecule has 0 saturated heterocycles. The second kappa shape index (κ2) is 26.7. The fourth-order valence-corrected chi connectivity index (χ4v) is 14.3. The van der Waals surface area contributed by atoms with Crippen molar-refractivity contribution >= 4 is 90.8 Å². The van der Waals surface area contributed by atoms with Gasteiger partial charge in [0.1, 0.15) is 77.6 Å². The highest BCUT2D eigenvalue weighted by Gasteiger charge is 2.61. The van der Waals surface area contributed by atoms with Crippen LogP contribution in [-0.4, -0.2) is 48.6 Å². The molecule has 444 valence electrons. The van der Waals surface area contributed by atoms with E-state index < -0.39 is 40.8 Å². The number of fused-ring (bicyclic) bond motifs is 6. The Morgan fingerprint density at radius 2 is 0.820 bits per heavy atom. The lowest BCUT2D eigenvalue weighted by molar-refractivity contribution is -0.185. The Kier molecular flexibility index (Phi) is 18.1. The first-order chi connectivity index (χ1) is 43.4. The van der Waals surface area contributed by atoms with Crippen molar-refractivity contribution in [3.05, 3.63) is 191 Å². The van der Waals surface area contributed by atoms with Crippen LogP contribution in [0.1, 0.15) is 60.1 Å². The Morgan fingerprint density at radius 3 is 1.15 bits per heavy atom. The van der Waals surface area contributed by atoms with Gasteiger partial charge >= 0.3 is 35.1 Å². The molecule has 0 radical (unpaired) electrons. The average molecular weight is 1260 g/mol. The van der Waals surface area contributed by atoms with Gasteiger partial charge in [-0.3, -0.25) is 0 Å². The predicted molar refractivity (Wildman–Crippen MR) is 336 cm³/mol. The summed E-state index contributed by atoms with van der Waals surface area (Å²) in [4.78, 5) is 73.2. The van der Waals surface area contributed by atoms with Crippen molar-refractivity contribution in [1.82, 2.24) is 0 Å². The van der Waals surface area contributed by atoms with Gasteiger partial charge in [0.25, 0.3) is 0 Å². The third kappa shape index (κ3) is 12.3. The van der Waals surface area contributed by atoms with Gasteiger partial charge in [0.15, 0.2) is 0 Å². The van der Waals surface area contributed by atoms with Gasteiger partial charge in [-0.1, -0.05) is 135 Å². The number of rotatable bonds is 22. The summed E-state index contributed by atoms with van der Waals surface area (Å²) >= 11 is 4.53. The van der Waals surface area contributed by atoms with E-state index in [1.165, 1.54) is 0 Å². The minimum absolute atomic E-state index is 0.00535. The molecule has 6 heterocycles. The van der Waals surface area contributed by atoms with Crippen molar-refractivity contribution in [3.8, 4) is 81.6 Å². The number of benzene rings is 5. The quantitative estimate of drug-likeness (QED) is 0.0217. The molecule has 2 aliphatic rings. The van der Waals surface area contributed by atoms with Crippen LogP contribution in [0, 0.1) is 34.0 Å². The van der Waals surface area contributed by atoms with Crippen LogP contribution in [0.2, 0.25) is 0 Å². The van der Waals surface area contributed by atoms with Crippen LogP contribution < -0.4 is 24.7 Å². The zero-order valence-electron chi connectivity index (χ0n) is 47.5. The number of carbonyl (C=O) groups is 4. The molecule has 0 bridgehead atoms. The number of amidine groups is 1. The maximum absolute atomic E-state index is 15.6. The second-order valence-electron chi connectivity index (χ2n) is 19.9. The van der Waals surface area contributed by atoms with Crippen LogP contribution in [-0.2, 0) is 75.8 Å². The molecular formula is C67H50N6O12S4. The Hall–Kier alpha value is -10.4. The van der Waals surface area contributed by atoms with E-state index in [0.717, 1.165) is 45.3 Å². The van der Waals surface area contributed by atoms with Gasteiger partial charge in [-0.25, -0.2) is 29.2 Å². The van der Waals surface area contributed by atoms with Crippen molar-refractivity contribution < 1.29 is 57.1 Å². The number of carbonyl (C=O) groups excluding carboxylic acids is 4. The smallest absolute Gasteiger partial charge is 0.367 e. The topological polar surface area (TPSA) is 264 Å². The van der Waals surface area contributed by atoms with E-state index in [1.54, 1.807) is 146 Å². The van der Waals surface area contributed by atoms with E-state index in [0.29, 0.717) is 71.1 Å². The highest BCUT2D eigenvalue weighted by molar-refractivity contribution is 7.26. The maximum atomic E-state index is 15.6. The maximum Gasteiger partial charge on any atom is 0.367 e. The van der Waals surface area contributed by atoms with Crippen molar-refractivity contribution in [1.29, 1.82) is 15.8 Å². The van der Waals surface area contributed by atoms with Crippen LogP contribution in [0.5, 0.6) is 23.0 Å². The largest absolute Gasteiger partial charge is 0.492 e. The summed E-state index contributed by atoms with van der Waals surface area (Å²) in [6.45, 7) is 3.32. The average Bonchev–Trinajstić information content (AvgIpc) is 1.68. The highest BCUT2D eigenvalue weighted by atomic mass is 32.1. The van der Waals surface area contributed by atoms with E-state index in [9.17, 15) is 15.8 Å². The fraction of sp³-hybridized carbons (Fsp3) is 0.179. The number of ether oxygens (including phenoxy) is 8. The minimum Gasteiger partial charge on any atom is -0.492 e. The van der Waals surface area contributed by atoms with E-state index in [2.05, 4.69) is 9.98 Å². The lowest BCUT2D eigenvalue weighted by Crippen LogP contribution is -2.52. The summed E-state index contributed by atoms with van der Waals surface area (Å²) in [5.74, 6) is -4.13. The van der Waals surface area contributed by atoms with Crippen LogP contribution in [0.4, 0.5) is 10.0 Å². The number of nitriles is 3. The monoisotopic (exact) mass is 1260 g/mol. The van der Waals surface area contributed by atoms with Gasteiger partial charge in [0, 0.05) is 53.9 Å². The number of thiophene rings is 4. The molecule has 11 rings (SSSR count). The first kappa shape index (κ1) is 60.3. The molecule has 0 unspecified atom stereocenters. The summed E-state index contributed by atoms with van der Waals surface area (Å²) < 4.78 is 51.1. The van der Waals surface area contributed by atoms with E-state index in [-0.39, 0.29) is 94.0 Å². The van der Waals surface area contributed by atoms with Crippen molar-refractivity contribution in [3.63, 3.8) is 0 Å². The minimum atomic E-state index is -2.69. The first-order valence-electron chi connectivity index (χ1n) is 27.8. The molecule has 89 heavy (non-hydrogen) atoms. The van der Waals surface area contributed by atoms with Crippen molar-refractivity contribution in [2.75, 3.05) is 13.2 Å². The normalized spacial score (nSPS) is 12.9. The second-order valence-corrected chi connectivity index (χ2v) is 24.1. The van der Waals surface area contributed by atoms with Gasteiger partial charge in [-0.2, -0.15) is 15.8 Å². The molecule has 2 N–H and O–H groups in total. The standard InChI is InChI=1S/C67H50N6O12S4/c1-3-25-78-51-31-56(72-44(33-68)34-69)88-60(51)53-29-47-58(86-53)45-27-50-46(28-49(45)84-66(47,62(74)80-36-40-17-9-5-10-18-40)63(75)81-37-41-19-11-6-12-20-41)59-48(30-54(87-59)61-52(79-26-4-2)32-57(89-61)73-55(71)35-70)67(85-50,64(76)82-38-42-21-13-7-14-22-42)65(77)83-39-43-23-15-8-16-24-43/h5-24,27-32H,3-4,25-26,36-39H2,1-2H3,(H2,71,73). The zero-order valence-corrected chi connectivity index (χ0v) is 50.8. The van der Waals surface area contributed by atoms with Gasteiger partial charge in [-0.15, -0.1) is 45.3 Å². The number of nitrogens with zero attached hydrogens (tertiary/aromatic N) is 5. The molecule has 5 aromatic carbocycles. The Bertz CT molecular complexity index is 4220. The number of nitrogens with two attached hydrogens (primary N) is 1. The van der Waals surface area contributed by atoms with Gasteiger partial charge in [-0.05, 0) is 59.4 Å².